The average Bonchev–Trinajstić information content (AvgIpc) is 2.85. The van der Waals surface area contributed by atoms with Crippen LogP contribution in [0.15, 0.2) is 28.3 Å². The van der Waals surface area contributed by atoms with E-state index in [1.54, 1.807) is 11.3 Å². The quantitative estimate of drug-likeness (QED) is 0.732. The van der Waals surface area contributed by atoms with Crippen molar-refractivity contribution in [2.45, 2.75) is 0 Å². The number of carbonyl (C=O) groups is 1. The van der Waals surface area contributed by atoms with Crippen LogP contribution in [0, 0.1) is 0 Å². The number of hydrogen-bond donors (Lipinski definition) is 0. The van der Waals surface area contributed by atoms with Crippen LogP contribution in [0.4, 0.5) is 0 Å². The summed E-state index contributed by atoms with van der Waals surface area (Å²) in [5.41, 5.74) is 2.04. The summed E-state index contributed by atoms with van der Waals surface area (Å²) in [5, 5.41) is 5.92. The molecule has 0 aliphatic carbocycles. The van der Waals surface area contributed by atoms with Crippen molar-refractivity contribution in [3.63, 3.8) is 0 Å². The highest BCUT2D eigenvalue weighted by Gasteiger charge is 2.14. The number of methoxy groups -OCH3 is 1. The highest BCUT2D eigenvalue weighted by atomic mass is 32.1. The van der Waals surface area contributed by atoms with Crippen molar-refractivity contribution in [1.29, 1.82) is 0 Å². The minimum absolute atomic E-state index is 0.263. The first-order valence-electron chi connectivity index (χ1n) is 4.01. The van der Waals surface area contributed by atoms with Crippen molar-refractivity contribution in [3.05, 3.63) is 33.2 Å². The second-order valence-electron chi connectivity index (χ2n) is 2.67. The van der Waals surface area contributed by atoms with Gasteiger partial charge in [-0.3, -0.25) is 0 Å². The van der Waals surface area contributed by atoms with Gasteiger partial charge in [0.2, 0.25) is 0 Å². The Labute approximate surface area is 89.8 Å². The third kappa shape index (κ3) is 1.58. The molecule has 4 heteroatoms. The monoisotopic (exact) mass is 224 g/mol. The Morgan fingerprint density at radius 1 is 1.36 bits per heavy atom. The van der Waals surface area contributed by atoms with Gasteiger partial charge < -0.3 is 4.74 Å². The van der Waals surface area contributed by atoms with Gasteiger partial charge in [0.05, 0.1) is 7.11 Å². The predicted octanol–water partition coefficient (Wildman–Crippen LogP) is 3.26. The standard InChI is InChI=1S/C10H8O2S2/c1-12-10(11)9-8(3-5-14-9)7-2-4-13-6-7/h2-6H,1H3. The minimum Gasteiger partial charge on any atom is -0.465 e. The lowest BCUT2D eigenvalue weighted by Crippen LogP contribution is -1.99. The topological polar surface area (TPSA) is 26.3 Å². The maximum Gasteiger partial charge on any atom is 0.348 e. The van der Waals surface area contributed by atoms with Gasteiger partial charge in [0.25, 0.3) is 0 Å². The minimum atomic E-state index is -0.263. The summed E-state index contributed by atoms with van der Waals surface area (Å²) in [6.45, 7) is 0. The van der Waals surface area contributed by atoms with Crippen LogP contribution in [-0.4, -0.2) is 13.1 Å². The summed E-state index contributed by atoms with van der Waals surface area (Å²) in [7, 11) is 1.40. The highest BCUT2D eigenvalue weighted by Crippen LogP contribution is 2.30. The zero-order chi connectivity index (χ0) is 9.97. The molecular weight excluding hydrogens is 216 g/mol. The molecule has 14 heavy (non-hydrogen) atoms. The van der Waals surface area contributed by atoms with Gasteiger partial charge >= 0.3 is 5.97 Å². The summed E-state index contributed by atoms with van der Waals surface area (Å²) < 4.78 is 4.71. The van der Waals surface area contributed by atoms with Gasteiger partial charge in [-0.05, 0) is 33.8 Å². The molecule has 0 atom stereocenters. The number of rotatable bonds is 2. The van der Waals surface area contributed by atoms with E-state index in [-0.39, 0.29) is 5.97 Å². The predicted molar refractivity (Wildman–Crippen MR) is 59.0 cm³/mol. The van der Waals surface area contributed by atoms with Crippen LogP contribution in [-0.2, 0) is 4.74 Å². The molecule has 2 rings (SSSR count). The van der Waals surface area contributed by atoms with E-state index in [9.17, 15) is 4.79 Å². The van der Waals surface area contributed by atoms with Crippen LogP contribution >= 0.6 is 22.7 Å². The van der Waals surface area contributed by atoms with Crippen molar-refractivity contribution in [2.75, 3.05) is 7.11 Å². The van der Waals surface area contributed by atoms with E-state index in [0.29, 0.717) is 4.88 Å². The number of thiophene rings is 2. The van der Waals surface area contributed by atoms with E-state index in [4.69, 9.17) is 4.74 Å². The molecule has 0 saturated carbocycles. The van der Waals surface area contributed by atoms with Gasteiger partial charge in [-0.2, -0.15) is 11.3 Å². The number of ether oxygens (including phenoxy) is 1. The molecular formula is C10H8O2S2. The zero-order valence-corrected chi connectivity index (χ0v) is 9.15. The molecule has 0 aromatic carbocycles. The van der Waals surface area contributed by atoms with Crippen LogP contribution in [0.5, 0.6) is 0 Å². The Morgan fingerprint density at radius 3 is 2.86 bits per heavy atom. The summed E-state index contributed by atoms with van der Waals surface area (Å²) in [6.07, 6.45) is 0. The lowest BCUT2D eigenvalue weighted by molar-refractivity contribution is 0.0607. The number of hydrogen-bond acceptors (Lipinski definition) is 4. The van der Waals surface area contributed by atoms with Gasteiger partial charge in [-0.1, -0.05) is 0 Å². The van der Waals surface area contributed by atoms with E-state index in [0.717, 1.165) is 11.1 Å². The maximum atomic E-state index is 11.4. The fraction of sp³-hybridized carbons (Fsp3) is 0.100. The Balaban J connectivity index is 2.45. The summed E-state index contributed by atoms with van der Waals surface area (Å²) in [6, 6.07) is 3.94. The molecule has 2 nitrogen and oxygen atoms in total. The summed E-state index contributed by atoms with van der Waals surface area (Å²) in [5.74, 6) is -0.263. The summed E-state index contributed by atoms with van der Waals surface area (Å²) >= 11 is 3.03. The van der Waals surface area contributed by atoms with E-state index in [2.05, 4.69) is 0 Å². The third-order valence-electron chi connectivity index (χ3n) is 1.87. The average molecular weight is 224 g/mol. The second kappa shape index (κ2) is 3.94. The second-order valence-corrected chi connectivity index (χ2v) is 4.36. The van der Waals surface area contributed by atoms with E-state index >= 15 is 0 Å². The Kier molecular flexibility index (Phi) is 2.65. The molecule has 0 unspecified atom stereocenters. The first-order chi connectivity index (χ1) is 6.83. The zero-order valence-electron chi connectivity index (χ0n) is 7.52. The van der Waals surface area contributed by atoms with E-state index < -0.39 is 0 Å². The molecule has 0 amide bonds. The van der Waals surface area contributed by atoms with Crippen LogP contribution in [0.3, 0.4) is 0 Å². The van der Waals surface area contributed by atoms with Gasteiger partial charge in [0.15, 0.2) is 0 Å². The molecule has 2 heterocycles. The molecule has 0 N–H and O–H groups in total. The third-order valence-corrected chi connectivity index (χ3v) is 3.45. The van der Waals surface area contributed by atoms with Crippen molar-refractivity contribution in [1.82, 2.24) is 0 Å². The van der Waals surface area contributed by atoms with Gasteiger partial charge in [0, 0.05) is 5.56 Å². The van der Waals surface area contributed by atoms with Crippen LogP contribution in [0.2, 0.25) is 0 Å². The molecule has 0 fully saturated rings. The summed E-state index contributed by atoms with van der Waals surface area (Å²) in [4.78, 5) is 12.1. The number of carbonyl (C=O) groups excluding carboxylic acids is 1. The molecule has 2 aromatic rings. The fourth-order valence-corrected chi connectivity index (χ4v) is 2.69. The van der Waals surface area contributed by atoms with Crippen LogP contribution in [0.1, 0.15) is 9.67 Å². The van der Waals surface area contributed by atoms with Gasteiger partial charge in [-0.15, -0.1) is 11.3 Å². The molecule has 0 radical (unpaired) electrons. The lowest BCUT2D eigenvalue weighted by atomic mass is 10.1. The molecule has 0 spiro atoms. The molecule has 72 valence electrons. The molecule has 0 aliphatic rings. The fourth-order valence-electron chi connectivity index (χ4n) is 1.21. The van der Waals surface area contributed by atoms with Gasteiger partial charge in [0.1, 0.15) is 4.88 Å². The van der Waals surface area contributed by atoms with Crippen LogP contribution < -0.4 is 0 Å². The van der Waals surface area contributed by atoms with Crippen molar-refractivity contribution < 1.29 is 9.53 Å². The molecule has 0 saturated heterocycles. The van der Waals surface area contributed by atoms with Crippen molar-refractivity contribution in [2.24, 2.45) is 0 Å². The largest absolute Gasteiger partial charge is 0.465 e. The SMILES string of the molecule is COC(=O)c1sccc1-c1ccsc1. The smallest absolute Gasteiger partial charge is 0.348 e. The Hall–Kier alpha value is -1.13. The highest BCUT2D eigenvalue weighted by molar-refractivity contribution is 7.12. The van der Waals surface area contributed by atoms with E-state index in [1.807, 2.05) is 28.3 Å². The lowest BCUT2D eigenvalue weighted by Gasteiger charge is -1.98. The number of esters is 1. The first-order valence-corrected chi connectivity index (χ1v) is 5.83. The van der Waals surface area contributed by atoms with Crippen LogP contribution in [0.25, 0.3) is 11.1 Å². The molecule has 2 aromatic heterocycles. The normalized spacial score (nSPS) is 10.1. The molecule has 0 bridgehead atoms. The van der Waals surface area contributed by atoms with Gasteiger partial charge in [-0.25, -0.2) is 4.79 Å². The first kappa shape index (κ1) is 9.43. The van der Waals surface area contributed by atoms with Crippen molar-refractivity contribution in [3.8, 4) is 11.1 Å². The van der Waals surface area contributed by atoms with E-state index in [1.165, 1.54) is 18.4 Å². The Bertz CT molecular complexity index is 429. The Morgan fingerprint density at radius 2 is 2.21 bits per heavy atom. The molecule has 0 aliphatic heterocycles. The van der Waals surface area contributed by atoms with Crippen molar-refractivity contribution >= 4 is 28.6 Å². The maximum absolute atomic E-state index is 11.4.